The normalized spacial score (nSPS) is 11.0. The highest BCUT2D eigenvalue weighted by Gasteiger charge is 2.23. The van der Waals surface area contributed by atoms with Crippen molar-refractivity contribution in [3.63, 3.8) is 0 Å². The third-order valence-electron chi connectivity index (χ3n) is 4.05. The van der Waals surface area contributed by atoms with Crippen molar-refractivity contribution in [1.29, 1.82) is 0 Å². The number of nitrogens with two attached hydrogens (primary N) is 1. The summed E-state index contributed by atoms with van der Waals surface area (Å²) >= 11 is 2.86. The minimum Gasteiger partial charge on any atom is -0.477 e. The number of carbonyl (C=O) groups is 1. The number of halogens is 4. The first-order valence-corrected chi connectivity index (χ1v) is 8.30. The summed E-state index contributed by atoms with van der Waals surface area (Å²) in [6.07, 6.45) is 0.857. The number of hydrogen-bond acceptors (Lipinski definition) is 5. The highest BCUT2D eigenvalue weighted by molar-refractivity contribution is 9.10. The van der Waals surface area contributed by atoms with Crippen molar-refractivity contribution >= 4 is 38.5 Å². The Kier molecular flexibility index (Phi) is 4.94. The molecule has 0 aliphatic carbocycles. The van der Waals surface area contributed by atoms with Gasteiger partial charge in [0.05, 0.1) is 26.8 Å². The van der Waals surface area contributed by atoms with Crippen molar-refractivity contribution in [3.8, 4) is 5.69 Å². The fraction of sp³-hybridized carbons (Fsp3) is 0.0588. The third kappa shape index (κ3) is 3.03. The zero-order chi connectivity index (χ0) is 20.7. The van der Waals surface area contributed by atoms with Gasteiger partial charge in [-0.15, -0.1) is 0 Å². The molecule has 0 radical (unpaired) electrons. The van der Waals surface area contributed by atoms with Crippen LogP contribution in [0.3, 0.4) is 0 Å². The van der Waals surface area contributed by atoms with E-state index in [9.17, 15) is 32.8 Å². The van der Waals surface area contributed by atoms with E-state index in [0.717, 1.165) is 22.9 Å². The monoisotopic (exact) mass is 455 g/mol. The van der Waals surface area contributed by atoms with E-state index < -0.39 is 50.8 Å². The zero-order valence-electron chi connectivity index (χ0n) is 13.7. The lowest BCUT2D eigenvalue weighted by atomic mass is 10.1. The topological polar surface area (TPSA) is 115 Å². The van der Waals surface area contributed by atoms with Crippen LogP contribution < -0.4 is 11.2 Å². The number of carboxylic acid groups (broad SMARTS) is 1. The summed E-state index contributed by atoms with van der Waals surface area (Å²) in [6.45, 7) is -0.524. The summed E-state index contributed by atoms with van der Waals surface area (Å²) in [4.78, 5) is 34.7. The molecule has 0 bridgehead atoms. The Morgan fingerprint density at radius 2 is 1.89 bits per heavy atom. The van der Waals surface area contributed by atoms with E-state index in [1.807, 2.05) is 0 Å². The second-order valence-corrected chi connectivity index (χ2v) is 6.51. The summed E-state index contributed by atoms with van der Waals surface area (Å²) in [5.41, 5.74) is 3.13. The smallest absolute Gasteiger partial charge is 0.341 e. The number of nitrogens with zero attached hydrogens (tertiary/aromatic N) is 2. The average Bonchev–Trinajstić information content (AvgIpc) is 2.63. The summed E-state index contributed by atoms with van der Waals surface area (Å²) in [6, 6.07) is 2.54. The Morgan fingerprint density at radius 3 is 2.50 bits per heavy atom. The van der Waals surface area contributed by atoms with Gasteiger partial charge in [0.2, 0.25) is 5.43 Å². The Balaban J connectivity index is 2.58. The molecule has 0 saturated heterocycles. The first kappa shape index (κ1) is 19.5. The Labute approximate surface area is 162 Å². The molecule has 0 saturated carbocycles. The van der Waals surface area contributed by atoms with Crippen molar-refractivity contribution < 1.29 is 23.1 Å². The van der Waals surface area contributed by atoms with Crippen molar-refractivity contribution in [2.24, 2.45) is 5.18 Å². The number of benzene rings is 2. The van der Waals surface area contributed by atoms with Crippen molar-refractivity contribution in [2.45, 2.75) is 6.54 Å². The molecular formula is C17H9BrF3N3O4. The maximum absolute atomic E-state index is 14.1. The molecule has 11 heteroatoms. The van der Waals surface area contributed by atoms with E-state index >= 15 is 0 Å². The van der Waals surface area contributed by atoms with Gasteiger partial charge >= 0.3 is 5.97 Å². The van der Waals surface area contributed by atoms with Gasteiger partial charge in [-0.1, -0.05) is 5.18 Å². The summed E-state index contributed by atoms with van der Waals surface area (Å²) in [7, 11) is 0. The van der Waals surface area contributed by atoms with Gasteiger partial charge in [-0.05, 0) is 34.1 Å². The van der Waals surface area contributed by atoms with Crippen LogP contribution in [0.25, 0.3) is 16.6 Å². The maximum Gasteiger partial charge on any atom is 0.341 e. The first-order valence-electron chi connectivity index (χ1n) is 7.50. The van der Waals surface area contributed by atoms with Gasteiger partial charge in [0.15, 0.2) is 11.6 Å². The van der Waals surface area contributed by atoms with Crippen LogP contribution in [0.4, 0.5) is 18.9 Å². The summed E-state index contributed by atoms with van der Waals surface area (Å²) < 4.78 is 42.4. The molecule has 144 valence electrons. The van der Waals surface area contributed by atoms with Crippen molar-refractivity contribution in [1.82, 2.24) is 4.57 Å². The summed E-state index contributed by atoms with van der Waals surface area (Å²) in [5, 5.41) is 11.5. The molecule has 3 aromatic rings. The van der Waals surface area contributed by atoms with E-state index in [0.29, 0.717) is 6.07 Å². The van der Waals surface area contributed by atoms with Crippen molar-refractivity contribution in [3.05, 3.63) is 72.6 Å². The summed E-state index contributed by atoms with van der Waals surface area (Å²) in [5.74, 6) is -5.18. The predicted octanol–water partition coefficient (Wildman–Crippen LogP) is 3.72. The molecule has 3 N–H and O–H groups in total. The number of aromatic nitrogens is 1. The Bertz CT molecular complexity index is 1230. The minimum atomic E-state index is -1.62. The first-order chi connectivity index (χ1) is 13.2. The van der Waals surface area contributed by atoms with Crippen LogP contribution in [0.2, 0.25) is 0 Å². The van der Waals surface area contributed by atoms with Crippen LogP contribution >= 0.6 is 15.9 Å². The van der Waals surface area contributed by atoms with Gasteiger partial charge in [0, 0.05) is 11.8 Å². The molecule has 7 nitrogen and oxygen atoms in total. The molecule has 28 heavy (non-hydrogen) atoms. The lowest BCUT2D eigenvalue weighted by Crippen LogP contribution is -2.20. The van der Waals surface area contributed by atoms with Gasteiger partial charge in [-0.2, -0.15) is 4.91 Å². The minimum absolute atomic E-state index is 0.0142. The average molecular weight is 456 g/mol. The SMILES string of the molecule is Nc1cc(-n2cc(C(=O)O)c(=O)c3cc(F)c(F)c(Br)c32)c(CN=O)cc1F. The molecular weight excluding hydrogens is 447 g/mol. The van der Waals surface area contributed by atoms with Crippen LogP contribution in [-0.2, 0) is 6.54 Å². The number of hydrogen-bond donors (Lipinski definition) is 2. The van der Waals surface area contributed by atoms with E-state index in [2.05, 4.69) is 21.1 Å². The zero-order valence-corrected chi connectivity index (χ0v) is 15.3. The lowest BCUT2D eigenvalue weighted by Gasteiger charge is -2.17. The molecule has 0 aliphatic heterocycles. The van der Waals surface area contributed by atoms with Gasteiger partial charge < -0.3 is 15.4 Å². The molecule has 0 amide bonds. The van der Waals surface area contributed by atoms with E-state index in [1.165, 1.54) is 0 Å². The second-order valence-electron chi connectivity index (χ2n) is 5.72. The maximum atomic E-state index is 14.1. The lowest BCUT2D eigenvalue weighted by molar-refractivity contribution is 0.0695. The molecule has 2 aromatic carbocycles. The van der Waals surface area contributed by atoms with Gasteiger partial charge in [0.1, 0.15) is 17.9 Å². The number of anilines is 1. The van der Waals surface area contributed by atoms with Crippen LogP contribution in [0.1, 0.15) is 15.9 Å². The highest BCUT2D eigenvalue weighted by atomic mass is 79.9. The molecule has 0 aliphatic rings. The Morgan fingerprint density at radius 1 is 1.21 bits per heavy atom. The van der Waals surface area contributed by atoms with Crippen LogP contribution in [0.5, 0.6) is 0 Å². The van der Waals surface area contributed by atoms with Crippen LogP contribution in [-0.4, -0.2) is 15.6 Å². The van der Waals surface area contributed by atoms with E-state index in [4.69, 9.17) is 5.73 Å². The molecule has 0 spiro atoms. The molecule has 1 heterocycles. The van der Waals surface area contributed by atoms with E-state index in [1.54, 1.807) is 0 Å². The molecule has 0 unspecified atom stereocenters. The van der Waals surface area contributed by atoms with Gasteiger partial charge in [0.25, 0.3) is 0 Å². The standard InChI is InChI=1S/C17H9BrF3N3O4/c18-13-14(21)10(20)2-7-15(13)24(5-8(16(7)25)17(26)27)12-3-11(22)9(19)1-6(12)4-23-28/h1-3,5H,4,22H2,(H,26,27). The number of pyridine rings is 1. The second kappa shape index (κ2) is 7.08. The molecule has 0 atom stereocenters. The number of nitroso groups, excluding NO2 is 1. The number of fused-ring (bicyclic) bond motifs is 1. The predicted molar refractivity (Wildman–Crippen MR) is 98.0 cm³/mol. The fourth-order valence-corrected chi connectivity index (χ4v) is 3.37. The van der Waals surface area contributed by atoms with Gasteiger partial charge in [-0.25, -0.2) is 18.0 Å². The number of carboxylic acids is 1. The highest BCUT2D eigenvalue weighted by Crippen LogP contribution is 2.32. The molecule has 3 rings (SSSR count). The fourth-order valence-electron chi connectivity index (χ4n) is 2.77. The number of rotatable bonds is 4. The van der Waals surface area contributed by atoms with Crippen molar-refractivity contribution in [2.75, 3.05) is 5.73 Å². The molecule has 1 aromatic heterocycles. The molecule has 0 fully saturated rings. The van der Waals surface area contributed by atoms with Gasteiger partial charge in [-0.3, -0.25) is 4.79 Å². The number of aromatic carboxylic acids is 1. The third-order valence-corrected chi connectivity index (χ3v) is 4.77. The largest absolute Gasteiger partial charge is 0.477 e. The quantitative estimate of drug-likeness (QED) is 0.353. The van der Waals surface area contributed by atoms with E-state index in [-0.39, 0.29) is 22.5 Å². The number of nitrogen functional groups attached to an aromatic ring is 1. The van der Waals surface area contributed by atoms with Crippen LogP contribution in [0.15, 0.2) is 38.8 Å². The Hall–Kier alpha value is -3.21. The van der Waals surface area contributed by atoms with Crippen LogP contribution in [0, 0.1) is 22.4 Å².